The number of nitrogens with one attached hydrogen (secondary N) is 1. The predicted molar refractivity (Wildman–Crippen MR) is 55.1 cm³/mol. The Labute approximate surface area is 85.6 Å². The second-order valence-electron chi connectivity index (χ2n) is 4.20. The lowest BCUT2D eigenvalue weighted by Gasteiger charge is -2.25. The molecular weight excluding hydrogens is 182 g/mol. The Bertz CT molecular complexity index is 176. The number of aliphatic hydroxyl groups excluding tert-OH is 1. The third-order valence-corrected chi connectivity index (χ3v) is 2.19. The molecule has 0 aliphatic rings. The highest BCUT2D eigenvalue weighted by Crippen LogP contribution is 2.19. The van der Waals surface area contributed by atoms with Crippen LogP contribution in [-0.2, 0) is 4.74 Å². The molecule has 0 bridgehead atoms. The van der Waals surface area contributed by atoms with E-state index in [1.807, 2.05) is 27.7 Å². The molecule has 0 fully saturated rings. The summed E-state index contributed by atoms with van der Waals surface area (Å²) in [6, 6.07) is 0.0736. The van der Waals surface area contributed by atoms with Gasteiger partial charge in [-0.25, -0.2) is 4.79 Å². The van der Waals surface area contributed by atoms with Crippen molar-refractivity contribution in [2.45, 2.75) is 40.2 Å². The number of alkyl carbamates (subject to hydrolysis) is 1. The minimum atomic E-state index is -0.423. The van der Waals surface area contributed by atoms with E-state index < -0.39 is 6.09 Å². The zero-order chi connectivity index (χ0) is 11.2. The molecule has 0 rings (SSSR count). The third kappa shape index (κ3) is 5.07. The summed E-state index contributed by atoms with van der Waals surface area (Å²) in [6.45, 7) is 7.85. The third-order valence-electron chi connectivity index (χ3n) is 2.19. The predicted octanol–water partition coefficient (Wildman–Crippen LogP) is 1.53. The molecule has 0 aromatic heterocycles. The van der Waals surface area contributed by atoms with Crippen LogP contribution in [0.4, 0.5) is 4.79 Å². The van der Waals surface area contributed by atoms with Crippen LogP contribution >= 0.6 is 0 Å². The SMILES string of the molecule is CCC(C)(CO)COC(=O)NC(C)C. The number of carbonyl (C=O) groups excluding carboxylic acids is 1. The molecule has 4 heteroatoms. The number of amides is 1. The quantitative estimate of drug-likeness (QED) is 0.712. The Balaban J connectivity index is 3.86. The summed E-state index contributed by atoms with van der Waals surface area (Å²) in [5.74, 6) is 0. The van der Waals surface area contributed by atoms with Crippen LogP contribution in [0.3, 0.4) is 0 Å². The monoisotopic (exact) mass is 203 g/mol. The second-order valence-corrected chi connectivity index (χ2v) is 4.20. The Morgan fingerprint density at radius 2 is 2.14 bits per heavy atom. The summed E-state index contributed by atoms with van der Waals surface area (Å²) in [5.41, 5.74) is -0.325. The van der Waals surface area contributed by atoms with Crippen molar-refractivity contribution < 1.29 is 14.6 Å². The van der Waals surface area contributed by atoms with Gasteiger partial charge in [0.2, 0.25) is 0 Å². The Kier molecular flexibility index (Phi) is 5.53. The molecule has 0 aromatic carbocycles. The molecule has 0 aliphatic heterocycles. The maximum atomic E-state index is 11.1. The van der Waals surface area contributed by atoms with E-state index in [2.05, 4.69) is 5.32 Å². The van der Waals surface area contributed by atoms with Crippen LogP contribution in [0.25, 0.3) is 0 Å². The van der Waals surface area contributed by atoms with E-state index in [9.17, 15) is 4.79 Å². The zero-order valence-corrected chi connectivity index (χ0v) is 9.46. The number of rotatable bonds is 5. The van der Waals surface area contributed by atoms with E-state index >= 15 is 0 Å². The molecule has 4 nitrogen and oxygen atoms in total. The van der Waals surface area contributed by atoms with E-state index in [-0.39, 0.29) is 24.7 Å². The summed E-state index contributed by atoms with van der Waals surface area (Å²) >= 11 is 0. The van der Waals surface area contributed by atoms with Gasteiger partial charge in [-0.15, -0.1) is 0 Å². The first-order chi connectivity index (χ1) is 6.43. The van der Waals surface area contributed by atoms with Crippen LogP contribution in [-0.4, -0.2) is 30.5 Å². The first-order valence-electron chi connectivity index (χ1n) is 4.97. The van der Waals surface area contributed by atoms with Crippen molar-refractivity contribution in [3.8, 4) is 0 Å². The Hall–Kier alpha value is -0.770. The fraction of sp³-hybridized carbons (Fsp3) is 0.900. The average molecular weight is 203 g/mol. The van der Waals surface area contributed by atoms with Crippen molar-refractivity contribution in [1.82, 2.24) is 5.32 Å². The van der Waals surface area contributed by atoms with Gasteiger partial charge in [0.15, 0.2) is 0 Å². The van der Waals surface area contributed by atoms with E-state index in [0.717, 1.165) is 6.42 Å². The van der Waals surface area contributed by atoms with Gasteiger partial charge < -0.3 is 15.2 Å². The van der Waals surface area contributed by atoms with Crippen LogP contribution in [0.1, 0.15) is 34.1 Å². The van der Waals surface area contributed by atoms with Gasteiger partial charge in [-0.2, -0.15) is 0 Å². The molecule has 1 atom stereocenters. The van der Waals surface area contributed by atoms with Gasteiger partial charge in [0.05, 0.1) is 6.61 Å². The smallest absolute Gasteiger partial charge is 0.407 e. The van der Waals surface area contributed by atoms with Crippen molar-refractivity contribution in [3.05, 3.63) is 0 Å². The number of aliphatic hydroxyl groups is 1. The highest BCUT2D eigenvalue weighted by Gasteiger charge is 2.23. The Morgan fingerprint density at radius 1 is 1.57 bits per heavy atom. The van der Waals surface area contributed by atoms with Gasteiger partial charge in [0, 0.05) is 11.5 Å². The summed E-state index contributed by atoms with van der Waals surface area (Å²) in [4.78, 5) is 11.1. The molecular formula is C10H21NO3. The van der Waals surface area contributed by atoms with Crippen LogP contribution in [0.15, 0.2) is 0 Å². The van der Waals surface area contributed by atoms with Crippen LogP contribution in [0.2, 0.25) is 0 Å². The fourth-order valence-electron chi connectivity index (χ4n) is 0.777. The molecule has 84 valence electrons. The fourth-order valence-corrected chi connectivity index (χ4v) is 0.777. The minimum absolute atomic E-state index is 0.0262. The second kappa shape index (κ2) is 5.86. The van der Waals surface area contributed by atoms with E-state index in [1.165, 1.54) is 0 Å². The van der Waals surface area contributed by atoms with E-state index in [0.29, 0.717) is 0 Å². The normalized spacial score (nSPS) is 15.0. The van der Waals surface area contributed by atoms with Gasteiger partial charge in [0.1, 0.15) is 6.61 Å². The van der Waals surface area contributed by atoms with Gasteiger partial charge >= 0.3 is 6.09 Å². The Morgan fingerprint density at radius 3 is 2.50 bits per heavy atom. The summed E-state index contributed by atoms with van der Waals surface area (Å²) < 4.78 is 4.99. The van der Waals surface area contributed by atoms with Crippen molar-refractivity contribution in [2.75, 3.05) is 13.2 Å². The number of carbonyl (C=O) groups is 1. The first-order valence-corrected chi connectivity index (χ1v) is 4.97. The summed E-state index contributed by atoms with van der Waals surface area (Å²) in [6.07, 6.45) is 0.353. The molecule has 0 radical (unpaired) electrons. The summed E-state index contributed by atoms with van der Waals surface area (Å²) in [5, 5.41) is 11.7. The summed E-state index contributed by atoms with van der Waals surface area (Å²) in [7, 11) is 0. The molecule has 2 N–H and O–H groups in total. The lowest BCUT2D eigenvalue weighted by Crippen LogP contribution is -2.35. The molecule has 1 unspecified atom stereocenters. The van der Waals surface area contributed by atoms with Gasteiger partial charge in [0.25, 0.3) is 0 Å². The molecule has 0 saturated heterocycles. The molecule has 0 spiro atoms. The van der Waals surface area contributed by atoms with Crippen molar-refractivity contribution >= 4 is 6.09 Å². The standard InChI is InChI=1S/C10H21NO3/c1-5-10(4,6-12)7-14-9(13)11-8(2)3/h8,12H,5-7H2,1-4H3,(H,11,13). The van der Waals surface area contributed by atoms with Crippen molar-refractivity contribution in [1.29, 1.82) is 0 Å². The van der Waals surface area contributed by atoms with Gasteiger partial charge in [-0.1, -0.05) is 13.8 Å². The molecule has 1 amide bonds. The average Bonchev–Trinajstić information content (AvgIpc) is 2.13. The van der Waals surface area contributed by atoms with Gasteiger partial charge in [-0.3, -0.25) is 0 Å². The van der Waals surface area contributed by atoms with E-state index in [4.69, 9.17) is 9.84 Å². The number of hydrogen-bond acceptors (Lipinski definition) is 3. The lowest BCUT2D eigenvalue weighted by molar-refractivity contribution is 0.0463. The lowest BCUT2D eigenvalue weighted by atomic mass is 9.90. The molecule has 0 heterocycles. The molecule has 0 aromatic rings. The first kappa shape index (κ1) is 13.2. The molecule has 14 heavy (non-hydrogen) atoms. The maximum Gasteiger partial charge on any atom is 0.407 e. The number of ether oxygens (including phenoxy) is 1. The van der Waals surface area contributed by atoms with Crippen molar-refractivity contribution in [2.24, 2.45) is 5.41 Å². The van der Waals surface area contributed by atoms with Crippen molar-refractivity contribution in [3.63, 3.8) is 0 Å². The zero-order valence-electron chi connectivity index (χ0n) is 9.46. The highest BCUT2D eigenvalue weighted by atomic mass is 16.5. The molecule has 0 saturated carbocycles. The van der Waals surface area contributed by atoms with Crippen LogP contribution < -0.4 is 5.32 Å². The topological polar surface area (TPSA) is 58.6 Å². The van der Waals surface area contributed by atoms with Crippen LogP contribution in [0.5, 0.6) is 0 Å². The van der Waals surface area contributed by atoms with E-state index in [1.54, 1.807) is 0 Å². The highest BCUT2D eigenvalue weighted by molar-refractivity contribution is 5.67. The molecule has 0 aliphatic carbocycles. The van der Waals surface area contributed by atoms with Gasteiger partial charge in [-0.05, 0) is 20.3 Å². The maximum absolute atomic E-state index is 11.1. The van der Waals surface area contributed by atoms with Crippen LogP contribution in [0, 0.1) is 5.41 Å². The number of hydrogen-bond donors (Lipinski definition) is 2. The largest absolute Gasteiger partial charge is 0.449 e. The minimum Gasteiger partial charge on any atom is -0.449 e.